The Kier molecular flexibility index (Phi) is 11.8. The van der Waals surface area contributed by atoms with Crippen molar-refractivity contribution in [2.45, 2.75) is 65.3 Å². The molecular formula is C42H48N2. The van der Waals surface area contributed by atoms with Gasteiger partial charge in [0.25, 0.3) is 0 Å². The predicted molar refractivity (Wildman–Crippen MR) is 195 cm³/mol. The van der Waals surface area contributed by atoms with Gasteiger partial charge in [0.1, 0.15) is 0 Å². The lowest BCUT2D eigenvalue weighted by atomic mass is 9.89. The Morgan fingerprint density at radius 2 is 1.84 bits per heavy atom. The third kappa shape index (κ3) is 8.38. The van der Waals surface area contributed by atoms with Crippen molar-refractivity contribution in [3.05, 3.63) is 161 Å². The van der Waals surface area contributed by atoms with Crippen molar-refractivity contribution < 1.29 is 0 Å². The first-order chi connectivity index (χ1) is 21.3. The number of fused-ring (bicyclic) bond motifs is 2. The van der Waals surface area contributed by atoms with Crippen LogP contribution in [0.3, 0.4) is 0 Å². The molecule has 0 amide bonds. The van der Waals surface area contributed by atoms with Crippen LogP contribution in [0.2, 0.25) is 0 Å². The minimum Gasteiger partial charge on any atom is -0.354 e. The molecule has 0 radical (unpaired) electrons. The van der Waals surface area contributed by atoms with Crippen molar-refractivity contribution >= 4 is 22.8 Å². The lowest BCUT2D eigenvalue weighted by Crippen LogP contribution is -2.24. The van der Waals surface area contributed by atoms with Crippen molar-refractivity contribution in [1.29, 1.82) is 0 Å². The zero-order chi connectivity index (χ0) is 31.5. The van der Waals surface area contributed by atoms with Gasteiger partial charge < -0.3 is 10.3 Å². The molecule has 0 aromatic carbocycles. The standard InChI is InChI=1S/C42H48N2/c1-8-16-38(43-7)25-14-19-31(4)36-22-11-10-21-34-27-28-35(23-15-24-37(34)29-36)41-40-32(5)18-9-12-26-39(40)44-42(41)33(6)20-13-17-30(2)3/h9-10,12-13,15,17-18,20,22-24,26-29,38,43-44H,2,4-5,8,11,14,16,19,25H2,1,3,6-7H3/b17-13-,24-15+,28-27-,33-20+,35-23-,36-22+,37-29-. The van der Waals surface area contributed by atoms with Crippen LogP contribution in [0.4, 0.5) is 0 Å². The van der Waals surface area contributed by atoms with Crippen LogP contribution in [0.15, 0.2) is 138 Å². The van der Waals surface area contributed by atoms with E-state index in [0.29, 0.717) is 6.04 Å². The number of nitrogens with one attached hydrogen (secondary N) is 2. The molecule has 2 nitrogen and oxygen atoms in total. The fourth-order valence-electron chi connectivity index (χ4n) is 5.82. The number of H-pyrrole nitrogens is 1. The Labute approximate surface area is 265 Å². The van der Waals surface area contributed by atoms with Crippen molar-refractivity contribution in [2.24, 2.45) is 0 Å². The minimum atomic E-state index is 0.585. The molecule has 1 aromatic heterocycles. The normalized spacial score (nSPS) is 22.0. The zero-order valence-electron chi connectivity index (χ0n) is 27.1. The molecule has 2 heteroatoms. The van der Waals surface area contributed by atoms with Crippen LogP contribution in [0.5, 0.6) is 0 Å². The summed E-state index contributed by atoms with van der Waals surface area (Å²) in [5.41, 5.74) is 16.9. The van der Waals surface area contributed by atoms with Crippen LogP contribution < -0.4 is 5.32 Å². The van der Waals surface area contributed by atoms with Crippen molar-refractivity contribution in [2.75, 3.05) is 7.05 Å². The van der Waals surface area contributed by atoms with E-state index in [0.717, 1.165) is 75.2 Å². The first-order valence-electron chi connectivity index (χ1n) is 15.9. The van der Waals surface area contributed by atoms with E-state index in [4.69, 9.17) is 0 Å². The molecule has 1 unspecified atom stereocenters. The van der Waals surface area contributed by atoms with Crippen LogP contribution in [-0.2, 0) is 0 Å². The zero-order valence-corrected chi connectivity index (χ0v) is 27.1. The molecule has 1 atom stereocenters. The maximum atomic E-state index is 4.49. The highest BCUT2D eigenvalue weighted by Crippen LogP contribution is 2.38. The highest BCUT2D eigenvalue weighted by molar-refractivity contribution is 5.96. The smallest absolute Gasteiger partial charge is 0.0500 e. The molecule has 0 saturated carbocycles. The number of aromatic nitrogens is 1. The molecule has 226 valence electrons. The Morgan fingerprint density at radius 1 is 1.02 bits per heavy atom. The molecule has 3 aliphatic rings. The first kappa shape index (κ1) is 32.6. The van der Waals surface area contributed by atoms with E-state index < -0.39 is 0 Å². The van der Waals surface area contributed by atoms with Crippen LogP contribution in [0.25, 0.3) is 22.8 Å². The van der Waals surface area contributed by atoms with Gasteiger partial charge >= 0.3 is 0 Å². The van der Waals surface area contributed by atoms with Gasteiger partial charge in [0, 0.05) is 28.4 Å². The van der Waals surface area contributed by atoms with Crippen LogP contribution in [-0.4, -0.2) is 18.1 Å². The fourth-order valence-corrected chi connectivity index (χ4v) is 5.82. The lowest BCUT2D eigenvalue weighted by molar-refractivity contribution is 0.470. The third-order valence-corrected chi connectivity index (χ3v) is 8.23. The van der Waals surface area contributed by atoms with E-state index in [1.54, 1.807) is 0 Å². The van der Waals surface area contributed by atoms with E-state index >= 15 is 0 Å². The second-order valence-electron chi connectivity index (χ2n) is 11.8. The van der Waals surface area contributed by atoms with Gasteiger partial charge in [0.05, 0.1) is 5.69 Å². The maximum Gasteiger partial charge on any atom is 0.0500 e. The average molecular weight is 581 g/mol. The molecule has 1 heterocycles. The SMILES string of the molecule is C=C(C)/C=C\C=C(/C)c1[nH]c2c(c1C1=C\C=C\C3=C\C(C(=C)CCCC(CCC)NC)=C/CC=C=C3/C=C\1)C(=C)C=CC=C2. The largest absolute Gasteiger partial charge is 0.354 e. The Morgan fingerprint density at radius 3 is 2.61 bits per heavy atom. The second kappa shape index (κ2) is 15.9. The molecule has 0 aliphatic heterocycles. The van der Waals surface area contributed by atoms with Gasteiger partial charge in [0.2, 0.25) is 0 Å². The Bertz CT molecular complexity index is 1630. The molecular weight excluding hydrogens is 532 g/mol. The van der Waals surface area contributed by atoms with Gasteiger partial charge in [-0.3, -0.25) is 0 Å². The number of hydrogen-bond acceptors (Lipinski definition) is 1. The maximum absolute atomic E-state index is 4.49. The second-order valence-corrected chi connectivity index (χ2v) is 11.8. The molecule has 4 rings (SSSR count). The van der Waals surface area contributed by atoms with Crippen molar-refractivity contribution in [3.8, 4) is 0 Å². The molecule has 3 aliphatic carbocycles. The average Bonchev–Trinajstić information content (AvgIpc) is 3.26. The minimum absolute atomic E-state index is 0.585. The summed E-state index contributed by atoms with van der Waals surface area (Å²) >= 11 is 0. The molecule has 0 spiro atoms. The monoisotopic (exact) mass is 580 g/mol. The summed E-state index contributed by atoms with van der Waals surface area (Å²) < 4.78 is 0. The lowest BCUT2D eigenvalue weighted by Gasteiger charge is -2.16. The molecule has 0 saturated heterocycles. The summed E-state index contributed by atoms with van der Waals surface area (Å²) in [5.74, 6) is 0. The number of allylic oxidation sites excluding steroid dienone is 21. The summed E-state index contributed by atoms with van der Waals surface area (Å²) in [6, 6.07) is 0.585. The van der Waals surface area contributed by atoms with Gasteiger partial charge in [-0.2, -0.15) is 0 Å². The van der Waals surface area contributed by atoms with Crippen LogP contribution >= 0.6 is 0 Å². The first-order valence-corrected chi connectivity index (χ1v) is 15.9. The number of hydrogen-bond donors (Lipinski definition) is 2. The summed E-state index contributed by atoms with van der Waals surface area (Å²) in [6.45, 7) is 19.3. The third-order valence-electron chi connectivity index (χ3n) is 8.23. The summed E-state index contributed by atoms with van der Waals surface area (Å²) in [5, 5.41) is 3.47. The van der Waals surface area contributed by atoms with E-state index in [-0.39, 0.29) is 0 Å². The molecule has 0 bridgehead atoms. The van der Waals surface area contributed by atoms with E-state index in [2.05, 4.69) is 136 Å². The number of aromatic amines is 1. The van der Waals surface area contributed by atoms with Crippen LogP contribution in [0, 0.1) is 0 Å². The Balaban J connectivity index is 1.68. The van der Waals surface area contributed by atoms with Crippen molar-refractivity contribution in [1.82, 2.24) is 10.3 Å². The van der Waals surface area contributed by atoms with E-state index in [1.807, 2.05) is 19.1 Å². The summed E-state index contributed by atoms with van der Waals surface area (Å²) in [6.07, 6.45) is 38.8. The van der Waals surface area contributed by atoms with E-state index in [9.17, 15) is 0 Å². The van der Waals surface area contributed by atoms with Gasteiger partial charge in [-0.05, 0) is 111 Å². The van der Waals surface area contributed by atoms with Gasteiger partial charge in [0.15, 0.2) is 0 Å². The van der Waals surface area contributed by atoms with E-state index in [1.165, 1.54) is 30.4 Å². The highest BCUT2D eigenvalue weighted by atomic mass is 14.9. The topological polar surface area (TPSA) is 27.8 Å². The molecule has 44 heavy (non-hydrogen) atoms. The van der Waals surface area contributed by atoms with Gasteiger partial charge in [-0.1, -0.05) is 105 Å². The van der Waals surface area contributed by atoms with Gasteiger partial charge in [-0.25, -0.2) is 0 Å². The Hall–Kier alpha value is -4.36. The summed E-state index contributed by atoms with van der Waals surface area (Å²) in [7, 11) is 2.07. The van der Waals surface area contributed by atoms with Gasteiger partial charge in [-0.15, -0.1) is 5.73 Å². The summed E-state index contributed by atoms with van der Waals surface area (Å²) in [4.78, 5) is 3.70. The van der Waals surface area contributed by atoms with Crippen molar-refractivity contribution in [3.63, 3.8) is 0 Å². The molecule has 1 aromatic rings. The highest BCUT2D eigenvalue weighted by Gasteiger charge is 2.21. The molecule has 2 N–H and O–H groups in total. The fraction of sp³-hybridized carbons (Fsp3) is 0.262. The molecule has 0 fully saturated rings. The predicted octanol–water partition coefficient (Wildman–Crippen LogP) is 11.1. The van der Waals surface area contributed by atoms with Crippen LogP contribution in [0.1, 0.15) is 81.8 Å². The quantitative estimate of drug-likeness (QED) is 0.187. The number of rotatable bonds is 12.